The van der Waals surface area contributed by atoms with E-state index in [0.29, 0.717) is 34.8 Å². The quantitative estimate of drug-likeness (QED) is 0.359. The lowest BCUT2D eigenvalue weighted by atomic mass is 10.1. The molecule has 0 aliphatic heterocycles. The van der Waals surface area contributed by atoms with Crippen LogP contribution in [0.3, 0.4) is 0 Å². The number of nitrogens with one attached hydrogen (secondary N) is 1. The van der Waals surface area contributed by atoms with Crippen LogP contribution in [0.5, 0.6) is 0 Å². The molecule has 0 aliphatic rings. The van der Waals surface area contributed by atoms with Crippen LogP contribution in [-0.4, -0.2) is 30.8 Å². The Morgan fingerprint density at radius 3 is 2.50 bits per heavy atom. The molecule has 5 rings (SSSR count). The van der Waals surface area contributed by atoms with E-state index < -0.39 is 5.82 Å². The monoisotopic (exact) mass is 473 g/mol. The van der Waals surface area contributed by atoms with Crippen molar-refractivity contribution in [1.29, 1.82) is 0 Å². The molecular formula is C25H20FN5O2S. The highest BCUT2D eigenvalue weighted by Crippen LogP contribution is 2.22. The van der Waals surface area contributed by atoms with Crippen LogP contribution in [0.15, 0.2) is 88.8 Å². The number of benzene rings is 3. The Bertz CT molecular complexity index is 1550. The number of halogens is 1. The number of aromatic nitrogens is 4. The largest absolute Gasteiger partial charge is 0.323 e. The Balaban J connectivity index is 1.46. The number of thioether (sulfide) groups is 1. The third-order valence-corrected chi connectivity index (χ3v) is 6.35. The zero-order valence-electron chi connectivity index (χ0n) is 18.0. The van der Waals surface area contributed by atoms with Crippen molar-refractivity contribution >= 4 is 40.0 Å². The van der Waals surface area contributed by atoms with Crippen LogP contribution in [0.1, 0.15) is 5.56 Å². The van der Waals surface area contributed by atoms with Crippen molar-refractivity contribution in [2.45, 2.75) is 18.1 Å². The van der Waals surface area contributed by atoms with Gasteiger partial charge in [-0.1, -0.05) is 66.4 Å². The van der Waals surface area contributed by atoms with Crippen LogP contribution in [-0.2, 0) is 17.8 Å². The highest BCUT2D eigenvalue weighted by molar-refractivity contribution is 7.99. The van der Waals surface area contributed by atoms with Crippen LogP contribution in [0, 0.1) is 5.82 Å². The molecule has 170 valence electrons. The normalized spacial score (nSPS) is 11.2. The molecule has 9 heteroatoms. The van der Waals surface area contributed by atoms with Gasteiger partial charge >= 0.3 is 0 Å². The number of hydrogen-bond donors (Lipinski definition) is 1. The van der Waals surface area contributed by atoms with Gasteiger partial charge in [-0.15, -0.1) is 10.2 Å². The second kappa shape index (κ2) is 9.48. The summed E-state index contributed by atoms with van der Waals surface area (Å²) in [6, 6.07) is 23.2. The van der Waals surface area contributed by atoms with Crippen LogP contribution in [0.4, 0.5) is 10.1 Å². The number of anilines is 1. The van der Waals surface area contributed by atoms with Gasteiger partial charge in [0.2, 0.25) is 11.7 Å². The molecule has 0 fully saturated rings. The highest BCUT2D eigenvalue weighted by atomic mass is 32.2. The minimum Gasteiger partial charge on any atom is -0.323 e. The van der Waals surface area contributed by atoms with Gasteiger partial charge in [-0.25, -0.2) is 4.39 Å². The first-order valence-electron chi connectivity index (χ1n) is 10.7. The first kappa shape index (κ1) is 21.8. The topological polar surface area (TPSA) is 81.3 Å². The van der Waals surface area contributed by atoms with Crippen LogP contribution in [0.25, 0.3) is 16.7 Å². The lowest BCUT2D eigenvalue weighted by Crippen LogP contribution is -2.24. The summed E-state index contributed by atoms with van der Waals surface area (Å²) in [4.78, 5) is 25.7. The second-order valence-electron chi connectivity index (χ2n) is 7.64. The Labute approximate surface area is 198 Å². The number of aryl methyl sites for hydroxylation is 2. The van der Waals surface area contributed by atoms with E-state index in [0.717, 1.165) is 5.56 Å². The summed E-state index contributed by atoms with van der Waals surface area (Å²) in [6.45, 7) is 0.438. The summed E-state index contributed by atoms with van der Waals surface area (Å²) < 4.78 is 17.3. The summed E-state index contributed by atoms with van der Waals surface area (Å²) in [7, 11) is 0. The minimum absolute atomic E-state index is 0.00654. The van der Waals surface area contributed by atoms with E-state index in [1.54, 1.807) is 27.2 Å². The molecule has 0 atom stereocenters. The average molecular weight is 474 g/mol. The van der Waals surface area contributed by atoms with E-state index in [2.05, 4.69) is 15.5 Å². The molecule has 1 amide bonds. The molecule has 0 saturated carbocycles. The fourth-order valence-electron chi connectivity index (χ4n) is 3.79. The molecule has 34 heavy (non-hydrogen) atoms. The number of amides is 1. The number of carbonyl (C=O) groups excluding carboxylic acids is 1. The highest BCUT2D eigenvalue weighted by Gasteiger charge is 2.18. The maximum atomic E-state index is 13.8. The Morgan fingerprint density at radius 2 is 1.68 bits per heavy atom. The molecule has 0 aliphatic carbocycles. The molecule has 0 bridgehead atoms. The summed E-state index contributed by atoms with van der Waals surface area (Å²) in [5.41, 5.74) is 1.76. The van der Waals surface area contributed by atoms with E-state index in [9.17, 15) is 14.0 Å². The van der Waals surface area contributed by atoms with Gasteiger partial charge in [0.05, 0.1) is 22.3 Å². The third kappa shape index (κ3) is 4.29. The van der Waals surface area contributed by atoms with Crippen molar-refractivity contribution in [2.75, 3.05) is 11.1 Å². The van der Waals surface area contributed by atoms with Gasteiger partial charge in [0.15, 0.2) is 5.16 Å². The smallest absolute Gasteiger partial charge is 0.262 e. The van der Waals surface area contributed by atoms with Crippen molar-refractivity contribution < 1.29 is 9.18 Å². The molecule has 2 heterocycles. The molecule has 0 saturated heterocycles. The fraction of sp³-hybridized carbons (Fsp3) is 0.120. The van der Waals surface area contributed by atoms with Gasteiger partial charge in [-0.05, 0) is 36.2 Å². The van der Waals surface area contributed by atoms with E-state index in [1.165, 1.54) is 23.9 Å². The molecule has 3 aromatic carbocycles. The number of rotatable bonds is 7. The van der Waals surface area contributed by atoms with E-state index in [-0.39, 0.29) is 22.9 Å². The molecule has 2 aromatic heterocycles. The molecular weight excluding hydrogens is 453 g/mol. The summed E-state index contributed by atoms with van der Waals surface area (Å²) in [6.07, 6.45) is 0.662. The SMILES string of the molecule is O=C(CSc1nnc2n(CCc3ccccc3)c(=O)c3ccccc3n12)Nc1ccccc1F. The summed E-state index contributed by atoms with van der Waals surface area (Å²) >= 11 is 1.17. The van der Waals surface area contributed by atoms with Crippen molar-refractivity contribution in [2.24, 2.45) is 0 Å². The van der Waals surface area contributed by atoms with Crippen LogP contribution < -0.4 is 10.9 Å². The lowest BCUT2D eigenvalue weighted by molar-refractivity contribution is -0.113. The predicted octanol–water partition coefficient (Wildman–Crippen LogP) is 4.16. The molecule has 7 nitrogen and oxygen atoms in total. The zero-order chi connectivity index (χ0) is 23.5. The molecule has 0 radical (unpaired) electrons. The van der Waals surface area contributed by atoms with Crippen molar-refractivity contribution in [3.63, 3.8) is 0 Å². The average Bonchev–Trinajstić information content (AvgIpc) is 3.29. The minimum atomic E-state index is -0.498. The Hall–Kier alpha value is -3.98. The zero-order valence-corrected chi connectivity index (χ0v) is 18.8. The van der Waals surface area contributed by atoms with Gasteiger partial charge in [-0.3, -0.25) is 18.6 Å². The van der Waals surface area contributed by atoms with Gasteiger partial charge in [0, 0.05) is 6.54 Å². The number of hydrogen-bond acceptors (Lipinski definition) is 5. The van der Waals surface area contributed by atoms with Gasteiger partial charge in [-0.2, -0.15) is 0 Å². The number of para-hydroxylation sites is 2. The standard InChI is InChI=1S/C25H20FN5O2S/c26-19-11-5-6-12-20(19)27-22(32)16-34-25-29-28-24-30(15-14-17-8-2-1-3-9-17)23(33)18-10-4-7-13-21(18)31(24)25/h1-13H,14-16H2,(H,27,32). The predicted molar refractivity (Wildman–Crippen MR) is 131 cm³/mol. The second-order valence-corrected chi connectivity index (χ2v) is 8.59. The Morgan fingerprint density at radius 1 is 0.941 bits per heavy atom. The number of carbonyl (C=O) groups is 1. The molecule has 0 spiro atoms. The maximum absolute atomic E-state index is 13.8. The first-order valence-corrected chi connectivity index (χ1v) is 11.7. The van der Waals surface area contributed by atoms with E-state index >= 15 is 0 Å². The molecule has 5 aromatic rings. The summed E-state index contributed by atoms with van der Waals surface area (Å²) in [5.74, 6) is -0.445. The fourth-order valence-corrected chi connectivity index (χ4v) is 4.53. The first-order chi connectivity index (χ1) is 16.6. The summed E-state index contributed by atoms with van der Waals surface area (Å²) in [5, 5.41) is 12.1. The van der Waals surface area contributed by atoms with Gasteiger partial charge < -0.3 is 5.32 Å². The lowest BCUT2D eigenvalue weighted by Gasteiger charge is -2.11. The van der Waals surface area contributed by atoms with E-state index in [4.69, 9.17) is 0 Å². The van der Waals surface area contributed by atoms with Gasteiger partial charge in [0.25, 0.3) is 5.56 Å². The van der Waals surface area contributed by atoms with Crippen LogP contribution >= 0.6 is 11.8 Å². The third-order valence-electron chi connectivity index (χ3n) is 5.43. The molecule has 0 unspecified atom stereocenters. The van der Waals surface area contributed by atoms with E-state index in [1.807, 2.05) is 48.5 Å². The Kier molecular flexibility index (Phi) is 6.09. The maximum Gasteiger partial charge on any atom is 0.262 e. The number of fused-ring (bicyclic) bond motifs is 3. The van der Waals surface area contributed by atoms with Crippen molar-refractivity contribution in [3.8, 4) is 0 Å². The van der Waals surface area contributed by atoms with Crippen LogP contribution in [0.2, 0.25) is 0 Å². The number of nitrogens with zero attached hydrogens (tertiary/aromatic N) is 4. The van der Waals surface area contributed by atoms with Crippen molar-refractivity contribution in [3.05, 3.63) is 101 Å². The van der Waals surface area contributed by atoms with Crippen molar-refractivity contribution in [1.82, 2.24) is 19.2 Å². The van der Waals surface area contributed by atoms with Gasteiger partial charge in [0.1, 0.15) is 5.82 Å². The molecule has 1 N–H and O–H groups in total.